The van der Waals surface area contributed by atoms with Crippen molar-refractivity contribution < 1.29 is 28.2 Å². The largest absolute Gasteiger partial charge is 0.481 e. The number of fused-ring (bicyclic) bond motifs is 1. The molecular weight excluding hydrogens is 370 g/mol. The fourth-order valence-electron chi connectivity index (χ4n) is 2.64. The van der Waals surface area contributed by atoms with E-state index in [1.54, 1.807) is 24.3 Å². The van der Waals surface area contributed by atoms with Gasteiger partial charge in [-0.05, 0) is 18.6 Å². The van der Waals surface area contributed by atoms with Gasteiger partial charge in [-0.25, -0.2) is 8.42 Å². The lowest BCUT2D eigenvalue weighted by Gasteiger charge is -2.18. The van der Waals surface area contributed by atoms with Crippen LogP contribution in [0.15, 0.2) is 41.3 Å². The van der Waals surface area contributed by atoms with Crippen molar-refractivity contribution in [2.45, 2.75) is 23.8 Å². The van der Waals surface area contributed by atoms with Gasteiger partial charge in [-0.1, -0.05) is 24.3 Å². The number of aliphatic carboxylic acids is 2. The number of nitrogens with zero attached hydrogens (tertiary/aromatic N) is 1. The second kappa shape index (κ2) is 7.71. The number of sulfonamides is 1. The highest BCUT2D eigenvalue weighted by atomic mass is 32.2. The fourth-order valence-corrected chi connectivity index (χ4v) is 4.09. The number of hydrogen-bond donors (Lipinski definition) is 3. The van der Waals surface area contributed by atoms with Crippen LogP contribution in [0.4, 0.5) is 5.69 Å². The molecule has 26 heavy (non-hydrogen) atoms. The van der Waals surface area contributed by atoms with E-state index in [9.17, 15) is 23.1 Å². The van der Waals surface area contributed by atoms with E-state index in [2.05, 4.69) is 4.72 Å². The molecule has 3 N–H and O–H groups in total. The summed E-state index contributed by atoms with van der Waals surface area (Å²) in [5.74, 6) is -2.62. The lowest BCUT2D eigenvalue weighted by Crippen LogP contribution is -2.41. The predicted octanol–water partition coefficient (Wildman–Crippen LogP) is 1.50. The van der Waals surface area contributed by atoms with E-state index in [0.717, 1.165) is 5.69 Å². The third-order valence-electron chi connectivity index (χ3n) is 3.87. The third-order valence-corrected chi connectivity index (χ3v) is 5.40. The van der Waals surface area contributed by atoms with Gasteiger partial charge in [0.15, 0.2) is 0 Å². The molecule has 0 saturated carbocycles. The molecule has 0 aromatic heterocycles. The lowest BCUT2D eigenvalue weighted by atomic mass is 10.1. The Labute approximate surface area is 151 Å². The second-order valence-electron chi connectivity index (χ2n) is 5.97. The molecule has 0 fully saturated rings. The predicted molar refractivity (Wildman–Crippen MR) is 96.9 cm³/mol. The third kappa shape index (κ3) is 4.30. The van der Waals surface area contributed by atoms with Crippen molar-refractivity contribution >= 4 is 38.4 Å². The van der Waals surface area contributed by atoms with Crippen molar-refractivity contribution in [3.8, 4) is 0 Å². The van der Waals surface area contributed by atoms with Crippen LogP contribution in [-0.2, 0) is 19.6 Å². The van der Waals surface area contributed by atoms with Crippen LogP contribution in [0.25, 0.3) is 10.8 Å². The molecule has 2 aromatic carbocycles. The minimum atomic E-state index is -4.16. The Balaban J connectivity index is 2.47. The van der Waals surface area contributed by atoms with Crippen molar-refractivity contribution in [3.05, 3.63) is 36.4 Å². The van der Waals surface area contributed by atoms with Crippen LogP contribution in [0.5, 0.6) is 0 Å². The van der Waals surface area contributed by atoms with Gasteiger partial charge in [-0.15, -0.1) is 0 Å². The summed E-state index contributed by atoms with van der Waals surface area (Å²) in [6, 6.07) is 8.43. The Morgan fingerprint density at radius 1 is 1.08 bits per heavy atom. The zero-order valence-electron chi connectivity index (χ0n) is 14.3. The first kappa shape index (κ1) is 19.7. The molecule has 1 atom stereocenters. The van der Waals surface area contributed by atoms with E-state index in [1.807, 2.05) is 25.1 Å². The molecule has 0 saturated heterocycles. The molecule has 140 valence electrons. The zero-order valence-corrected chi connectivity index (χ0v) is 15.2. The molecule has 2 rings (SSSR count). The second-order valence-corrected chi connectivity index (χ2v) is 7.65. The number of anilines is 1. The molecule has 2 aromatic rings. The molecule has 8 nitrogen and oxygen atoms in total. The Bertz CT molecular complexity index is 939. The Hall–Kier alpha value is -2.65. The number of nitrogens with one attached hydrogen (secondary N) is 1. The molecule has 0 radical (unpaired) electrons. The highest BCUT2D eigenvalue weighted by molar-refractivity contribution is 7.89. The monoisotopic (exact) mass is 390 g/mol. The molecule has 0 aliphatic carbocycles. The van der Waals surface area contributed by atoms with Crippen LogP contribution in [0, 0.1) is 0 Å². The molecule has 0 heterocycles. The van der Waals surface area contributed by atoms with Crippen LogP contribution in [-0.4, -0.2) is 50.7 Å². The van der Waals surface area contributed by atoms with Crippen LogP contribution < -0.4 is 9.62 Å². The number of hydrogen-bond acceptors (Lipinski definition) is 5. The van der Waals surface area contributed by atoms with E-state index < -0.39 is 34.4 Å². The highest BCUT2D eigenvalue weighted by Gasteiger charge is 2.27. The minimum Gasteiger partial charge on any atom is -0.481 e. The summed E-state index contributed by atoms with van der Waals surface area (Å²) in [5, 5.41) is 19.1. The number of carbonyl (C=O) groups is 2. The van der Waals surface area contributed by atoms with E-state index in [0.29, 0.717) is 10.8 Å². The molecule has 0 amide bonds. The van der Waals surface area contributed by atoms with Gasteiger partial charge in [-0.2, -0.15) is 4.72 Å². The average Bonchev–Trinajstić information content (AvgIpc) is 2.56. The average molecular weight is 390 g/mol. The summed E-state index contributed by atoms with van der Waals surface area (Å²) in [6.45, 7) is 0. The molecule has 0 unspecified atom stereocenters. The van der Waals surface area contributed by atoms with Crippen LogP contribution in [0.3, 0.4) is 0 Å². The number of carboxylic acid groups (broad SMARTS) is 2. The normalized spacial score (nSPS) is 12.7. The highest BCUT2D eigenvalue weighted by Crippen LogP contribution is 2.30. The molecule has 0 bridgehead atoms. The smallest absolute Gasteiger partial charge is 0.321 e. The van der Waals surface area contributed by atoms with Gasteiger partial charge in [0.2, 0.25) is 10.0 Å². The van der Waals surface area contributed by atoms with Crippen molar-refractivity contribution in [2.24, 2.45) is 0 Å². The molecular formula is C17H20N2O6S. The van der Waals surface area contributed by atoms with Gasteiger partial charge >= 0.3 is 11.9 Å². The van der Waals surface area contributed by atoms with Crippen molar-refractivity contribution in [1.29, 1.82) is 0 Å². The maximum atomic E-state index is 12.8. The van der Waals surface area contributed by atoms with Crippen LogP contribution in [0.1, 0.15) is 12.8 Å². The molecule has 0 aliphatic heterocycles. The van der Waals surface area contributed by atoms with Crippen molar-refractivity contribution in [1.82, 2.24) is 4.72 Å². The first-order valence-electron chi connectivity index (χ1n) is 7.79. The number of benzene rings is 2. The standard InChI is InChI=1S/C17H20N2O6S/c1-19(2)14-7-3-6-12-11(14)5-4-8-15(12)26(24,25)18-13(17(22)23)9-10-16(20)21/h3-8,13,18H,9-10H2,1-2H3,(H,20,21)(H,22,23)/t13-/m1/s1/i9+2,10+2,13+2,16+2,17+2. The van der Waals surface area contributed by atoms with Gasteiger partial charge < -0.3 is 15.1 Å². The maximum Gasteiger partial charge on any atom is 0.321 e. The number of rotatable bonds is 8. The summed E-state index contributed by atoms with van der Waals surface area (Å²) in [7, 11) is -0.496. The summed E-state index contributed by atoms with van der Waals surface area (Å²) < 4.78 is 27.6. The Morgan fingerprint density at radius 3 is 2.27 bits per heavy atom. The SMILES string of the molecule is CN(C)c1cccc2c(S(=O)(=O)N[14C@H]([14CH2][14CH2][14C](=O)O)[14C](=O)O)cccc12. The Morgan fingerprint density at radius 2 is 1.69 bits per heavy atom. The van der Waals surface area contributed by atoms with Crippen LogP contribution >= 0.6 is 0 Å². The van der Waals surface area contributed by atoms with E-state index >= 15 is 0 Å². The van der Waals surface area contributed by atoms with Crippen molar-refractivity contribution in [2.75, 3.05) is 19.0 Å². The minimum absolute atomic E-state index is 0.0553. The van der Waals surface area contributed by atoms with Gasteiger partial charge in [0.05, 0.1) is 4.90 Å². The molecule has 0 spiro atoms. The van der Waals surface area contributed by atoms with E-state index in [-0.39, 0.29) is 11.3 Å². The summed E-state index contributed by atoms with van der Waals surface area (Å²) >= 11 is 0. The zero-order chi connectivity index (χ0) is 19.5. The van der Waals surface area contributed by atoms with Gasteiger partial charge in [0.25, 0.3) is 0 Å². The summed E-state index contributed by atoms with van der Waals surface area (Å²) in [5.41, 5.74) is 0.820. The van der Waals surface area contributed by atoms with Gasteiger partial charge in [-0.3, -0.25) is 9.59 Å². The molecule has 0 aliphatic rings. The van der Waals surface area contributed by atoms with Crippen molar-refractivity contribution in [3.63, 3.8) is 0 Å². The van der Waals surface area contributed by atoms with Crippen LogP contribution in [0.2, 0.25) is 0 Å². The van der Waals surface area contributed by atoms with Gasteiger partial charge in [0.1, 0.15) is 6.04 Å². The van der Waals surface area contributed by atoms with Gasteiger partial charge in [0, 0.05) is 37.0 Å². The quantitative estimate of drug-likeness (QED) is 0.624. The molecule has 9 heteroatoms. The van der Waals surface area contributed by atoms with E-state index in [1.165, 1.54) is 6.07 Å². The summed E-state index contributed by atoms with van der Waals surface area (Å²) in [4.78, 5) is 23.8. The maximum absolute atomic E-state index is 12.8. The first-order chi connectivity index (χ1) is 12.1. The number of carboxylic acids is 2. The topological polar surface area (TPSA) is 124 Å². The lowest BCUT2D eigenvalue weighted by molar-refractivity contribution is -0.140. The Kier molecular flexibility index (Phi) is 5.83. The summed E-state index contributed by atoms with van der Waals surface area (Å²) in [6.07, 6.45) is -0.808. The fraction of sp³-hybridized carbons (Fsp3) is 0.294. The first-order valence-corrected chi connectivity index (χ1v) is 9.28. The van der Waals surface area contributed by atoms with E-state index in [4.69, 9.17) is 5.11 Å².